The summed E-state index contributed by atoms with van der Waals surface area (Å²) in [4.78, 5) is 46.1. The van der Waals surface area contributed by atoms with E-state index in [9.17, 15) is 24.6 Å². The molecule has 4 heterocycles. The highest BCUT2D eigenvalue weighted by atomic mass is 32.1. The first kappa shape index (κ1) is 39.1. The summed E-state index contributed by atoms with van der Waals surface area (Å²) in [6.07, 6.45) is 6.39. The molecule has 2 amide bonds. The number of carbonyl (C=O) groups is 2. The van der Waals surface area contributed by atoms with Gasteiger partial charge in [-0.1, -0.05) is 41.7 Å². The average Bonchev–Trinajstić information content (AvgIpc) is 3.72. The Morgan fingerprint density at radius 1 is 1.15 bits per heavy atom. The molecule has 0 unspecified atom stereocenters. The zero-order chi connectivity index (χ0) is 38.4. The van der Waals surface area contributed by atoms with Crippen molar-refractivity contribution >= 4 is 33.4 Å². The Labute approximate surface area is 325 Å². The molecule has 0 radical (unpaired) electrons. The largest absolute Gasteiger partial charge is 0.506 e. The number of aromatic nitrogens is 3. The van der Waals surface area contributed by atoms with Crippen LogP contribution in [0.1, 0.15) is 65.4 Å². The van der Waals surface area contributed by atoms with Gasteiger partial charge in [-0.25, -0.2) is 0 Å². The van der Waals surface area contributed by atoms with Crippen LogP contribution in [0.4, 0.5) is 0 Å². The van der Waals surface area contributed by atoms with Crippen molar-refractivity contribution in [1.82, 2.24) is 34.8 Å². The Morgan fingerprint density at radius 3 is 2.78 bits per heavy atom. The molecule has 1 aliphatic carbocycles. The number of likely N-dealkylation sites (tertiary alicyclic amines) is 1. The standard InChI is InChI=1S/C40H53N7O7S/c1-44(18-14-41-24-34(49)31-7-8-33(48)36-37(31)55-39(52)42-36)35(50)11-21-53-20-10-28-3-2-4-30(23-28)25-45-16-12-40(13-17-45)27-46(19-22-54-40)38(51)32-9-15-47(43-32)26-29-5-6-29/h2-4,7-9,15,23,29,34,41,48-49H,5-6,10-14,16-22,24-27H2,1H3,(H,42,52)/t34-/m0/s1. The minimum atomic E-state index is -0.872. The SMILES string of the molecule is CN(CCNC[C@H](O)c1ccc(O)c2[nH]c(=O)sc12)C(=O)CCOCCc1cccc(CN2CCC3(CC2)CN(C(=O)c2ccn(CC4CC4)n2)CCO3)c1. The predicted molar refractivity (Wildman–Crippen MR) is 209 cm³/mol. The van der Waals surface area contributed by atoms with Crippen LogP contribution < -0.4 is 10.2 Å². The number of nitrogens with one attached hydrogen (secondary N) is 2. The van der Waals surface area contributed by atoms with Crippen molar-refractivity contribution in [1.29, 1.82) is 0 Å². The van der Waals surface area contributed by atoms with E-state index in [-0.39, 0.29) is 41.0 Å². The van der Waals surface area contributed by atoms with Crippen molar-refractivity contribution in [3.8, 4) is 5.75 Å². The van der Waals surface area contributed by atoms with Gasteiger partial charge in [-0.2, -0.15) is 5.10 Å². The Kier molecular flexibility index (Phi) is 12.6. The van der Waals surface area contributed by atoms with E-state index in [2.05, 4.69) is 44.6 Å². The molecule has 2 aromatic heterocycles. The van der Waals surface area contributed by atoms with Crippen molar-refractivity contribution in [2.24, 2.45) is 5.92 Å². The molecule has 3 aliphatic rings. The summed E-state index contributed by atoms with van der Waals surface area (Å²) in [6.45, 7) is 7.42. The van der Waals surface area contributed by atoms with Crippen molar-refractivity contribution in [3.05, 3.63) is 80.7 Å². The Balaban J connectivity index is 0.767. The molecule has 1 saturated carbocycles. The first-order valence-electron chi connectivity index (χ1n) is 19.5. The maximum absolute atomic E-state index is 13.3. The highest BCUT2D eigenvalue weighted by Gasteiger charge is 2.41. The van der Waals surface area contributed by atoms with Gasteiger partial charge in [-0.15, -0.1) is 0 Å². The molecular weight excluding hydrogens is 723 g/mol. The number of rotatable bonds is 17. The molecule has 1 atom stereocenters. The van der Waals surface area contributed by atoms with Gasteiger partial charge < -0.3 is 39.8 Å². The van der Waals surface area contributed by atoms with Crippen LogP contribution in [0, 0.1) is 5.92 Å². The molecule has 55 heavy (non-hydrogen) atoms. The third kappa shape index (κ3) is 10.2. The fraction of sp³-hybridized carbons (Fsp3) is 0.550. The molecule has 2 saturated heterocycles. The minimum absolute atomic E-state index is 0.00616. The highest BCUT2D eigenvalue weighted by molar-refractivity contribution is 7.16. The Hall–Kier alpha value is -4.12. The van der Waals surface area contributed by atoms with E-state index >= 15 is 0 Å². The van der Waals surface area contributed by atoms with Crippen LogP contribution in [0.2, 0.25) is 0 Å². The van der Waals surface area contributed by atoms with E-state index in [1.165, 1.54) is 30.0 Å². The number of ether oxygens (including phenoxy) is 2. The first-order chi connectivity index (χ1) is 26.6. The van der Waals surface area contributed by atoms with E-state index in [0.29, 0.717) is 73.4 Å². The number of aliphatic hydroxyl groups excluding tert-OH is 1. The molecule has 14 nitrogen and oxygen atoms in total. The number of phenolic OH excluding ortho intramolecular Hbond substituents is 1. The van der Waals surface area contributed by atoms with E-state index in [1.54, 1.807) is 18.0 Å². The number of aromatic amines is 1. The number of aromatic hydroxyl groups is 1. The number of morpholine rings is 1. The number of aliphatic hydroxyl groups is 1. The summed E-state index contributed by atoms with van der Waals surface area (Å²) in [5.74, 6) is 0.673. The lowest BCUT2D eigenvalue weighted by Crippen LogP contribution is -2.58. The molecule has 2 aliphatic heterocycles. The zero-order valence-corrected chi connectivity index (χ0v) is 32.4. The van der Waals surface area contributed by atoms with Crippen molar-refractivity contribution in [2.75, 3.05) is 72.7 Å². The summed E-state index contributed by atoms with van der Waals surface area (Å²) >= 11 is 0.952. The van der Waals surface area contributed by atoms with Crippen LogP contribution in [0.25, 0.3) is 10.2 Å². The number of piperidine rings is 1. The van der Waals surface area contributed by atoms with Gasteiger partial charge in [0.05, 0.1) is 49.2 Å². The molecule has 296 valence electrons. The van der Waals surface area contributed by atoms with Gasteiger partial charge in [0.2, 0.25) is 5.91 Å². The molecular formula is C40H53N7O7S. The number of fused-ring (bicyclic) bond motifs is 1. The number of hydrogen-bond acceptors (Lipinski definition) is 11. The van der Waals surface area contributed by atoms with Gasteiger partial charge in [-0.05, 0) is 61.3 Å². The van der Waals surface area contributed by atoms with Crippen molar-refractivity contribution in [3.63, 3.8) is 0 Å². The third-order valence-electron chi connectivity index (χ3n) is 11.0. The van der Waals surface area contributed by atoms with Gasteiger partial charge >= 0.3 is 4.87 Å². The second-order valence-electron chi connectivity index (χ2n) is 15.3. The molecule has 1 spiro atoms. The van der Waals surface area contributed by atoms with E-state index in [4.69, 9.17) is 9.47 Å². The van der Waals surface area contributed by atoms with Crippen LogP contribution >= 0.6 is 11.3 Å². The second kappa shape index (κ2) is 17.8. The number of likely N-dealkylation sites (N-methyl/N-ethyl adjacent to an activating group) is 1. The lowest BCUT2D eigenvalue weighted by Gasteiger charge is -2.47. The lowest BCUT2D eigenvalue weighted by atomic mass is 9.89. The van der Waals surface area contributed by atoms with Gasteiger partial charge in [0.25, 0.3) is 5.91 Å². The number of phenols is 1. The summed E-state index contributed by atoms with van der Waals surface area (Å²) in [6, 6.07) is 13.5. The predicted octanol–water partition coefficient (Wildman–Crippen LogP) is 3.14. The normalized spacial score (nSPS) is 17.9. The molecule has 0 bridgehead atoms. The number of H-pyrrole nitrogens is 1. The van der Waals surface area contributed by atoms with E-state index in [0.717, 1.165) is 56.8 Å². The molecule has 15 heteroatoms. The Morgan fingerprint density at radius 2 is 1.96 bits per heavy atom. The second-order valence-corrected chi connectivity index (χ2v) is 16.2. The topological polar surface area (TPSA) is 165 Å². The third-order valence-corrected chi connectivity index (χ3v) is 12.0. The van der Waals surface area contributed by atoms with Crippen LogP contribution in [-0.4, -0.2) is 130 Å². The van der Waals surface area contributed by atoms with Crippen LogP contribution in [0.3, 0.4) is 0 Å². The minimum Gasteiger partial charge on any atom is -0.506 e. The van der Waals surface area contributed by atoms with Gasteiger partial charge in [0.15, 0.2) is 0 Å². The van der Waals surface area contributed by atoms with Gasteiger partial charge in [0, 0.05) is 71.2 Å². The van der Waals surface area contributed by atoms with Gasteiger partial charge in [-0.3, -0.25) is 24.0 Å². The molecule has 4 aromatic rings. The number of amides is 2. The number of benzene rings is 2. The smallest absolute Gasteiger partial charge is 0.305 e. The first-order valence-corrected chi connectivity index (χ1v) is 20.3. The van der Waals surface area contributed by atoms with Crippen LogP contribution in [-0.2, 0) is 33.8 Å². The maximum Gasteiger partial charge on any atom is 0.305 e. The fourth-order valence-electron chi connectivity index (χ4n) is 7.55. The molecule has 7 rings (SSSR count). The molecule has 2 aromatic carbocycles. The molecule has 3 fully saturated rings. The maximum atomic E-state index is 13.3. The number of nitrogens with zero attached hydrogens (tertiary/aromatic N) is 5. The zero-order valence-electron chi connectivity index (χ0n) is 31.6. The van der Waals surface area contributed by atoms with Crippen molar-refractivity contribution < 1.29 is 29.3 Å². The lowest BCUT2D eigenvalue weighted by molar-refractivity contribution is -0.131. The summed E-state index contributed by atoms with van der Waals surface area (Å²) in [5, 5.41) is 28.4. The highest BCUT2D eigenvalue weighted by Crippen LogP contribution is 2.33. The number of carbonyl (C=O) groups excluding carboxylic acids is 2. The van der Waals surface area contributed by atoms with E-state index in [1.807, 2.05) is 21.8 Å². The summed E-state index contributed by atoms with van der Waals surface area (Å²) in [5.41, 5.74) is 3.59. The Bertz CT molecular complexity index is 1980. The van der Waals surface area contributed by atoms with E-state index < -0.39 is 6.10 Å². The van der Waals surface area contributed by atoms with Crippen molar-refractivity contribution in [2.45, 2.75) is 63.3 Å². The van der Waals surface area contributed by atoms with Crippen LogP contribution in [0.5, 0.6) is 5.75 Å². The quantitative estimate of drug-likeness (QED) is 0.117. The molecule has 4 N–H and O–H groups in total. The van der Waals surface area contributed by atoms with Gasteiger partial charge in [0.1, 0.15) is 17.0 Å². The fourth-order valence-corrected chi connectivity index (χ4v) is 8.47. The average molecular weight is 776 g/mol. The van der Waals surface area contributed by atoms with Crippen LogP contribution in [0.15, 0.2) is 53.5 Å². The monoisotopic (exact) mass is 775 g/mol. The number of hydrogen-bond donors (Lipinski definition) is 4. The summed E-state index contributed by atoms with van der Waals surface area (Å²) in [7, 11) is 1.75. The summed E-state index contributed by atoms with van der Waals surface area (Å²) < 4.78 is 14.6. The number of thiazole rings is 1.